The molecule has 226 valence electrons. The van der Waals surface area contributed by atoms with Crippen molar-refractivity contribution >= 4 is 34.8 Å². The summed E-state index contributed by atoms with van der Waals surface area (Å²) in [7, 11) is 0. The van der Waals surface area contributed by atoms with Crippen LogP contribution in [-0.4, -0.2) is 70.7 Å². The first-order valence-corrected chi connectivity index (χ1v) is 15.3. The van der Waals surface area contributed by atoms with Crippen LogP contribution in [0, 0.1) is 17.8 Å². The summed E-state index contributed by atoms with van der Waals surface area (Å²) in [6.07, 6.45) is 1.74. The number of para-hydroxylation sites is 1. The monoisotopic (exact) mass is 576 g/mol. The van der Waals surface area contributed by atoms with Gasteiger partial charge in [-0.15, -0.1) is 0 Å². The molecule has 1 spiro atoms. The number of rotatable bonds is 11. The first-order valence-electron chi connectivity index (χ1n) is 15.3. The molecule has 42 heavy (non-hydrogen) atoms. The number of nitrogens with one attached hydrogen (secondary N) is 2. The van der Waals surface area contributed by atoms with Gasteiger partial charge in [-0.2, -0.15) is 0 Å². The van der Waals surface area contributed by atoms with Crippen LogP contribution in [0.3, 0.4) is 0 Å². The number of benzene rings is 2. The molecule has 2 unspecified atom stereocenters. The predicted octanol–water partition coefficient (Wildman–Crippen LogP) is 4.28. The molecule has 5 rings (SSSR count). The molecule has 3 fully saturated rings. The highest BCUT2D eigenvalue weighted by Gasteiger charge is 2.78. The molecule has 9 nitrogen and oxygen atoms in total. The van der Waals surface area contributed by atoms with E-state index in [2.05, 4.69) is 29.4 Å². The molecule has 3 heterocycles. The zero-order valence-electron chi connectivity index (χ0n) is 25.3. The van der Waals surface area contributed by atoms with Gasteiger partial charge in [-0.1, -0.05) is 38.5 Å². The maximum atomic E-state index is 14.4. The minimum absolute atomic E-state index is 0.0674. The molecule has 0 aliphatic carbocycles. The summed E-state index contributed by atoms with van der Waals surface area (Å²) in [6.45, 7) is 11.5. The minimum atomic E-state index is -1.17. The number of hydrogen-bond acceptors (Lipinski definition) is 6. The Morgan fingerprint density at radius 2 is 1.62 bits per heavy atom. The SMILES string of the molecule is CC[C@H](C)[C@H](CO)N1C(=O)[C@@H]2[C@@H](C(=O)Nc3ccccc3)[C@@]3(C)CCC2(O3)C1C(=O)Nc1ccc(N(CC)CC)cc1. The molecule has 3 amide bonds. The number of aliphatic hydroxyl groups excluding tert-OH is 1. The van der Waals surface area contributed by atoms with Gasteiger partial charge in [0.15, 0.2) is 0 Å². The Balaban J connectivity index is 1.51. The van der Waals surface area contributed by atoms with E-state index in [9.17, 15) is 19.5 Å². The zero-order chi connectivity index (χ0) is 30.2. The number of likely N-dealkylation sites (tertiary alicyclic amines) is 1. The van der Waals surface area contributed by atoms with Crippen LogP contribution in [0.1, 0.15) is 53.9 Å². The second-order valence-electron chi connectivity index (χ2n) is 12.2. The smallest absolute Gasteiger partial charge is 0.250 e. The Labute approximate surface area is 248 Å². The molecule has 2 aromatic carbocycles. The fraction of sp³-hybridized carbons (Fsp3) is 0.545. The van der Waals surface area contributed by atoms with Gasteiger partial charge in [0, 0.05) is 30.2 Å². The molecule has 3 saturated heterocycles. The van der Waals surface area contributed by atoms with Crippen molar-refractivity contribution in [1.82, 2.24) is 4.90 Å². The van der Waals surface area contributed by atoms with Crippen LogP contribution in [0.25, 0.3) is 0 Å². The number of fused-ring (bicyclic) bond motifs is 1. The number of carbonyl (C=O) groups excluding carboxylic acids is 3. The largest absolute Gasteiger partial charge is 0.394 e. The Morgan fingerprint density at radius 1 is 1.00 bits per heavy atom. The number of nitrogens with zero attached hydrogens (tertiary/aromatic N) is 2. The quantitative estimate of drug-likeness (QED) is 0.368. The van der Waals surface area contributed by atoms with Crippen LogP contribution in [0.15, 0.2) is 54.6 Å². The topological polar surface area (TPSA) is 111 Å². The summed E-state index contributed by atoms with van der Waals surface area (Å²) in [5.74, 6) is -2.63. The lowest BCUT2D eigenvalue weighted by Crippen LogP contribution is -2.57. The molecule has 7 atom stereocenters. The van der Waals surface area contributed by atoms with E-state index in [1.807, 2.05) is 63.2 Å². The summed E-state index contributed by atoms with van der Waals surface area (Å²) in [6, 6.07) is 15.3. The predicted molar refractivity (Wildman–Crippen MR) is 163 cm³/mol. The lowest BCUT2D eigenvalue weighted by atomic mass is 9.66. The van der Waals surface area contributed by atoms with E-state index in [1.54, 1.807) is 17.0 Å². The highest BCUT2D eigenvalue weighted by Crippen LogP contribution is 2.63. The van der Waals surface area contributed by atoms with Crippen molar-refractivity contribution in [2.75, 3.05) is 35.2 Å². The lowest BCUT2D eigenvalue weighted by molar-refractivity contribution is -0.148. The normalized spacial score (nSPS) is 29.2. The van der Waals surface area contributed by atoms with E-state index in [1.165, 1.54) is 0 Å². The third kappa shape index (κ3) is 4.86. The van der Waals surface area contributed by atoms with Crippen LogP contribution in [0.4, 0.5) is 17.1 Å². The van der Waals surface area contributed by atoms with Crippen molar-refractivity contribution in [3.63, 3.8) is 0 Å². The molecule has 0 aromatic heterocycles. The van der Waals surface area contributed by atoms with Gasteiger partial charge in [-0.25, -0.2) is 0 Å². The number of anilines is 3. The van der Waals surface area contributed by atoms with Crippen molar-refractivity contribution in [2.24, 2.45) is 17.8 Å². The number of hydrogen-bond donors (Lipinski definition) is 3. The van der Waals surface area contributed by atoms with E-state index in [0.29, 0.717) is 30.6 Å². The molecule has 2 aromatic rings. The standard InChI is InChI=1S/C33H44N4O5/c1-6-21(4)25(20-38)37-28(30(40)35-23-14-16-24(17-15-23)36(7-2)8-3)33-19-18-32(5,42-33)26(27(33)31(37)41)29(39)34-22-12-10-9-11-13-22/h9-17,21,25-28,38H,6-8,18-20H2,1-5H3,(H,34,39)(H,35,40)/t21-,25-,26-,27-,28?,32+,33?/m0/s1. The van der Waals surface area contributed by atoms with E-state index in [4.69, 9.17) is 4.74 Å². The summed E-state index contributed by atoms with van der Waals surface area (Å²) in [5, 5.41) is 16.6. The summed E-state index contributed by atoms with van der Waals surface area (Å²) >= 11 is 0. The van der Waals surface area contributed by atoms with Crippen LogP contribution in [-0.2, 0) is 19.1 Å². The van der Waals surface area contributed by atoms with Crippen LogP contribution in [0.2, 0.25) is 0 Å². The second kappa shape index (κ2) is 11.7. The summed E-state index contributed by atoms with van der Waals surface area (Å²) < 4.78 is 6.73. The van der Waals surface area contributed by atoms with Crippen molar-refractivity contribution in [3.8, 4) is 0 Å². The van der Waals surface area contributed by atoms with Crippen LogP contribution < -0.4 is 15.5 Å². The van der Waals surface area contributed by atoms with Crippen molar-refractivity contribution in [1.29, 1.82) is 0 Å². The lowest BCUT2D eigenvalue weighted by Gasteiger charge is -2.39. The second-order valence-corrected chi connectivity index (χ2v) is 12.2. The third-order valence-corrected chi connectivity index (χ3v) is 9.90. The molecular formula is C33H44N4O5. The van der Waals surface area contributed by atoms with Gasteiger partial charge in [0.2, 0.25) is 17.7 Å². The van der Waals surface area contributed by atoms with Crippen LogP contribution in [0.5, 0.6) is 0 Å². The molecule has 9 heteroatoms. The third-order valence-electron chi connectivity index (χ3n) is 9.90. The minimum Gasteiger partial charge on any atom is -0.394 e. The van der Waals surface area contributed by atoms with Gasteiger partial charge >= 0.3 is 0 Å². The Morgan fingerprint density at radius 3 is 2.21 bits per heavy atom. The Bertz CT molecular complexity index is 1300. The van der Waals surface area contributed by atoms with Gasteiger partial charge in [-0.05, 0) is 75.9 Å². The molecule has 0 radical (unpaired) electrons. The van der Waals surface area contributed by atoms with Crippen LogP contribution >= 0.6 is 0 Å². The van der Waals surface area contributed by atoms with E-state index in [-0.39, 0.29) is 30.2 Å². The molecule has 3 aliphatic heterocycles. The first-order chi connectivity index (χ1) is 20.1. The van der Waals surface area contributed by atoms with Gasteiger partial charge in [0.05, 0.1) is 30.1 Å². The molecule has 3 aliphatic rings. The van der Waals surface area contributed by atoms with Crippen molar-refractivity contribution < 1.29 is 24.2 Å². The highest BCUT2D eigenvalue weighted by atomic mass is 16.5. The van der Waals surface area contributed by atoms with E-state index < -0.39 is 35.1 Å². The molecular weight excluding hydrogens is 532 g/mol. The van der Waals surface area contributed by atoms with Gasteiger partial charge in [-0.3, -0.25) is 14.4 Å². The maximum Gasteiger partial charge on any atom is 0.250 e. The Kier molecular flexibility index (Phi) is 8.36. The molecule has 3 N–H and O–H groups in total. The highest BCUT2D eigenvalue weighted by molar-refractivity contribution is 6.05. The van der Waals surface area contributed by atoms with Gasteiger partial charge < -0.3 is 30.3 Å². The number of amides is 3. The maximum absolute atomic E-state index is 14.4. The number of ether oxygens (including phenoxy) is 1. The summed E-state index contributed by atoms with van der Waals surface area (Å²) in [4.78, 5) is 46.3. The van der Waals surface area contributed by atoms with Gasteiger partial charge in [0.1, 0.15) is 11.6 Å². The number of carbonyl (C=O) groups is 3. The van der Waals surface area contributed by atoms with Crippen molar-refractivity contribution in [3.05, 3.63) is 54.6 Å². The Hall–Kier alpha value is -3.43. The van der Waals surface area contributed by atoms with Gasteiger partial charge in [0.25, 0.3) is 0 Å². The average Bonchev–Trinajstić information content (AvgIpc) is 3.56. The number of aliphatic hydroxyl groups is 1. The fourth-order valence-corrected chi connectivity index (χ4v) is 7.53. The first kappa shape index (κ1) is 30.0. The zero-order valence-corrected chi connectivity index (χ0v) is 25.3. The fourth-order valence-electron chi connectivity index (χ4n) is 7.53. The average molecular weight is 577 g/mol. The van der Waals surface area contributed by atoms with E-state index in [0.717, 1.165) is 18.8 Å². The summed E-state index contributed by atoms with van der Waals surface area (Å²) in [5.41, 5.74) is 0.256. The molecule has 0 saturated carbocycles. The molecule has 2 bridgehead atoms. The van der Waals surface area contributed by atoms with Crippen molar-refractivity contribution in [2.45, 2.75) is 77.2 Å². The van der Waals surface area contributed by atoms with E-state index >= 15 is 0 Å².